The number of halogens is 1. The highest BCUT2D eigenvalue weighted by atomic mass is 79.9. The molecule has 0 bridgehead atoms. The van der Waals surface area contributed by atoms with E-state index in [-0.39, 0.29) is 11.6 Å². The molecule has 0 atom stereocenters. The molecule has 0 aliphatic carbocycles. The predicted octanol–water partition coefficient (Wildman–Crippen LogP) is 2.05. The van der Waals surface area contributed by atoms with Gasteiger partial charge in [-0.15, -0.1) is 0 Å². The van der Waals surface area contributed by atoms with Gasteiger partial charge in [-0.25, -0.2) is 4.79 Å². The van der Waals surface area contributed by atoms with Crippen LogP contribution >= 0.6 is 15.9 Å². The number of esters is 1. The SMILES string of the molecule is CCNC(=O)/C(=C/C(=O)OC)Nc1cccc(Br)c1. The molecule has 1 rings (SSSR count). The Bertz CT molecular complexity index is 500. The van der Waals surface area contributed by atoms with Crippen LogP contribution in [-0.4, -0.2) is 25.5 Å². The van der Waals surface area contributed by atoms with Crippen molar-refractivity contribution in [3.8, 4) is 0 Å². The summed E-state index contributed by atoms with van der Waals surface area (Å²) in [5.74, 6) is -0.961. The maximum atomic E-state index is 11.8. The lowest BCUT2D eigenvalue weighted by Gasteiger charge is -2.10. The van der Waals surface area contributed by atoms with Gasteiger partial charge in [0.2, 0.25) is 0 Å². The van der Waals surface area contributed by atoms with Crippen LogP contribution in [0, 0.1) is 0 Å². The molecule has 0 radical (unpaired) electrons. The van der Waals surface area contributed by atoms with E-state index in [0.29, 0.717) is 12.2 Å². The first-order chi connectivity index (χ1) is 9.06. The van der Waals surface area contributed by atoms with Crippen LogP contribution in [0.15, 0.2) is 40.5 Å². The second-order valence-electron chi connectivity index (χ2n) is 3.58. The van der Waals surface area contributed by atoms with Gasteiger partial charge in [-0.1, -0.05) is 22.0 Å². The van der Waals surface area contributed by atoms with Crippen molar-refractivity contribution in [3.05, 3.63) is 40.5 Å². The molecular formula is C13H15BrN2O3. The van der Waals surface area contributed by atoms with Crippen molar-refractivity contribution in [1.82, 2.24) is 5.32 Å². The average Bonchev–Trinajstić information content (AvgIpc) is 2.38. The zero-order valence-corrected chi connectivity index (χ0v) is 12.3. The Hall–Kier alpha value is -1.82. The number of hydrogen-bond acceptors (Lipinski definition) is 4. The van der Waals surface area contributed by atoms with Gasteiger partial charge in [0, 0.05) is 16.7 Å². The highest BCUT2D eigenvalue weighted by molar-refractivity contribution is 9.10. The molecule has 0 unspecified atom stereocenters. The Kier molecular flexibility index (Phi) is 6.08. The van der Waals surface area contributed by atoms with Gasteiger partial charge in [0.05, 0.1) is 13.2 Å². The van der Waals surface area contributed by atoms with Gasteiger partial charge >= 0.3 is 5.97 Å². The van der Waals surface area contributed by atoms with Crippen LogP contribution in [0.1, 0.15) is 6.92 Å². The Morgan fingerprint density at radius 1 is 1.42 bits per heavy atom. The Morgan fingerprint density at radius 2 is 2.16 bits per heavy atom. The first-order valence-electron chi connectivity index (χ1n) is 5.67. The van der Waals surface area contributed by atoms with Crippen molar-refractivity contribution < 1.29 is 14.3 Å². The summed E-state index contributed by atoms with van der Waals surface area (Å²) >= 11 is 3.33. The van der Waals surface area contributed by atoms with E-state index < -0.39 is 5.97 Å². The molecule has 0 aliphatic heterocycles. The first kappa shape index (κ1) is 15.2. The molecule has 0 aromatic heterocycles. The van der Waals surface area contributed by atoms with Crippen molar-refractivity contribution in [2.75, 3.05) is 19.0 Å². The number of anilines is 1. The van der Waals surface area contributed by atoms with Crippen LogP contribution in [-0.2, 0) is 14.3 Å². The summed E-state index contributed by atoms with van der Waals surface area (Å²) in [5, 5.41) is 5.51. The third kappa shape index (κ3) is 5.13. The molecule has 1 amide bonds. The third-order valence-electron chi connectivity index (χ3n) is 2.15. The molecule has 2 N–H and O–H groups in total. The van der Waals surface area contributed by atoms with Crippen molar-refractivity contribution in [1.29, 1.82) is 0 Å². The number of hydrogen-bond donors (Lipinski definition) is 2. The van der Waals surface area contributed by atoms with Crippen molar-refractivity contribution in [2.45, 2.75) is 6.92 Å². The molecule has 1 aromatic carbocycles. The predicted molar refractivity (Wildman–Crippen MR) is 76.5 cm³/mol. The minimum absolute atomic E-state index is 0.131. The zero-order chi connectivity index (χ0) is 14.3. The second kappa shape index (κ2) is 7.58. The molecule has 19 heavy (non-hydrogen) atoms. The molecule has 0 saturated heterocycles. The van der Waals surface area contributed by atoms with E-state index in [1.54, 1.807) is 19.1 Å². The largest absolute Gasteiger partial charge is 0.466 e. The van der Waals surface area contributed by atoms with E-state index in [0.717, 1.165) is 10.5 Å². The quantitative estimate of drug-likeness (QED) is 0.642. The molecule has 102 valence electrons. The van der Waals surface area contributed by atoms with Gasteiger partial charge in [0.1, 0.15) is 5.70 Å². The minimum Gasteiger partial charge on any atom is -0.466 e. The number of amides is 1. The van der Waals surface area contributed by atoms with Crippen LogP contribution < -0.4 is 10.6 Å². The van der Waals surface area contributed by atoms with E-state index >= 15 is 0 Å². The summed E-state index contributed by atoms with van der Waals surface area (Å²) < 4.78 is 5.39. The lowest BCUT2D eigenvalue weighted by Crippen LogP contribution is -2.28. The standard InChI is InChI=1S/C13H15BrN2O3/c1-3-15-13(18)11(8-12(17)19-2)16-10-6-4-5-9(14)7-10/h4-8,16H,3H2,1-2H3,(H,15,18)/b11-8-. The number of methoxy groups -OCH3 is 1. The zero-order valence-electron chi connectivity index (χ0n) is 10.7. The van der Waals surface area contributed by atoms with Gasteiger partial charge in [0.15, 0.2) is 0 Å². The number of nitrogens with one attached hydrogen (secondary N) is 2. The van der Waals surface area contributed by atoms with Crippen LogP contribution in [0.3, 0.4) is 0 Å². The number of likely N-dealkylation sites (N-methyl/N-ethyl adjacent to an activating group) is 1. The fraction of sp³-hybridized carbons (Fsp3) is 0.231. The number of benzene rings is 1. The molecule has 5 nitrogen and oxygen atoms in total. The lowest BCUT2D eigenvalue weighted by molar-refractivity contribution is -0.135. The lowest BCUT2D eigenvalue weighted by atomic mass is 10.3. The Balaban J connectivity index is 2.94. The van der Waals surface area contributed by atoms with Crippen LogP contribution in [0.4, 0.5) is 5.69 Å². The normalized spacial score (nSPS) is 10.8. The van der Waals surface area contributed by atoms with Gasteiger partial charge in [-0.3, -0.25) is 4.79 Å². The summed E-state index contributed by atoms with van der Waals surface area (Å²) in [7, 11) is 1.26. The molecule has 0 spiro atoms. The summed E-state index contributed by atoms with van der Waals surface area (Å²) in [6.45, 7) is 2.27. The number of ether oxygens (including phenoxy) is 1. The number of carbonyl (C=O) groups excluding carboxylic acids is 2. The van der Waals surface area contributed by atoms with Gasteiger partial charge < -0.3 is 15.4 Å². The summed E-state index contributed by atoms with van der Waals surface area (Å²) in [6, 6.07) is 7.26. The second-order valence-corrected chi connectivity index (χ2v) is 4.49. The smallest absolute Gasteiger partial charge is 0.332 e. The fourth-order valence-electron chi connectivity index (χ4n) is 1.31. The molecule has 0 heterocycles. The van der Waals surface area contributed by atoms with E-state index in [9.17, 15) is 9.59 Å². The summed E-state index contributed by atoms with van der Waals surface area (Å²) in [4.78, 5) is 23.1. The molecule has 1 aromatic rings. The van der Waals surface area contributed by atoms with E-state index in [4.69, 9.17) is 0 Å². The minimum atomic E-state index is -0.594. The molecule has 6 heteroatoms. The van der Waals surface area contributed by atoms with E-state index in [1.807, 2.05) is 12.1 Å². The number of rotatable bonds is 5. The number of carbonyl (C=O) groups is 2. The third-order valence-corrected chi connectivity index (χ3v) is 2.64. The van der Waals surface area contributed by atoms with Gasteiger partial charge in [0.25, 0.3) is 5.91 Å². The topological polar surface area (TPSA) is 67.4 Å². The van der Waals surface area contributed by atoms with Crippen LogP contribution in [0.25, 0.3) is 0 Å². The highest BCUT2D eigenvalue weighted by Gasteiger charge is 2.11. The maximum Gasteiger partial charge on any atom is 0.332 e. The Labute approximate surface area is 120 Å². The molecule has 0 aliphatic rings. The van der Waals surface area contributed by atoms with E-state index in [1.165, 1.54) is 7.11 Å². The maximum absolute atomic E-state index is 11.8. The monoisotopic (exact) mass is 326 g/mol. The highest BCUT2D eigenvalue weighted by Crippen LogP contribution is 2.17. The van der Waals surface area contributed by atoms with Crippen molar-refractivity contribution >= 4 is 33.5 Å². The first-order valence-corrected chi connectivity index (χ1v) is 6.46. The van der Waals surface area contributed by atoms with Crippen LogP contribution in [0.5, 0.6) is 0 Å². The fourth-order valence-corrected chi connectivity index (χ4v) is 1.71. The van der Waals surface area contributed by atoms with E-state index in [2.05, 4.69) is 31.3 Å². The average molecular weight is 327 g/mol. The van der Waals surface area contributed by atoms with Crippen molar-refractivity contribution in [2.24, 2.45) is 0 Å². The van der Waals surface area contributed by atoms with Gasteiger partial charge in [-0.2, -0.15) is 0 Å². The van der Waals surface area contributed by atoms with Gasteiger partial charge in [-0.05, 0) is 25.1 Å². The van der Waals surface area contributed by atoms with Crippen LogP contribution in [0.2, 0.25) is 0 Å². The van der Waals surface area contributed by atoms with Crippen molar-refractivity contribution in [3.63, 3.8) is 0 Å². The summed E-state index contributed by atoms with van der Waals surface area (Å²) in [6.07, 6.45) is 1.12. The molecule has 0 fully saturated rings. The molecule has 0 saturated carbocycles. The Morgan fingerprint density at radius 3 is 2.74 bits per heavy atom. The molecular weight excluding hydrogens is 312 g/mol. The summed E-state index contributed by atoms with van der Waals surface area (Å²) in [5.41, 5.74) is 0.822.